The number of rotatable bonds is 3. The number of hydrogen-bond acceptors (Lipinski definition) is 4. The maximum absolute atomic E-state index is 4.57. The highest BCUT2D eigenvalue weighted by Gasteiger charge is 2.37. The minimum Gasteiger partial charge on any atom is -0.316 e. The number of hydrogen-bond donors (Lipinski definition) is 1. The van der Waals surface area contributed by atoms with Crippen molar-refractivity contribution >= 4 is 23.7 Å². The zero-order chi connectivity index (χ0) is 11.2. The van der Waals surface area contributed by atoms with Gasteiger partial charge < -0.3 is 5.32 Å². The lowest BCUT2D eigenvalue weighted by atomic mass is 10.0. The highest BCUT2D eigenvalue weighted by atomic mass is 35.5. The first-order valence-electron chi connectivity index (χ1n) is 6.75. The van der Waals surface area contributed by atoms with Gasteiger partial charge in [-0.1, -0.05) is 0 Å². The molecular weight excluding hydrogens is 266 g/mol. The Labute approximate surface area is 118 Å². The Balaban J connectivity index is 0.000001000. The molecule has 1 aromatic rings. The van der Waals surface area contributed by atoms with E-state index in [1.807, 2.05) is 16.8 Å². The van der Waals surface area contributed by atoms with Gasteiger partial charge in [0.2, 0.25) is 0 Å². The minimum absolute atomic E-state index is 0. The first-order valence-corrected chi connectivity index (χ1v) is 7.63. The summed E-state index contributed by atoms with van der Waals surface area (Å²) < 4.78 is 0. The van der Waals surface area contributed by atoms with Crippen molar-refractivity contribution in [3.63, 3.8) is 0 Å². The fourth-order valence-corrected chi connectivity index (χ4v) is 4.26. The molecule has 1 saturated carbocycles. The highest BCUT2D eigenvalue weighted by Crippen LogP contribution is 2.42. The van der Waals surface area contributed by atoms with Crippen molar-refractivity contribution in [1.82, 2.24) is 15.2 Å². The van der Waals surface area contributed by atoms with Crippen LogP contribution in [0, 0.1) is 11.8 Å². The van der Waals surface area contributed by atoms with Crippen LogP contribution < -0.4 is 5.32 Å². The third-order valence-corrected chi connectivity index (χ3v) is 5.30. The van der Waals surface area contributed by atoms with Gasteiger partial charge >= 0.3 is 0 Å². The van der Waals surface area contributed by atoms with E-state index in [1.165, 1.54) is 44.7 Å². The van der Waals surface area contributed by atoms with Crippen LogP contribution in [0.2, 0.25) is 0 Å². The fraction of sp³-hybridized carbons (Fsp3) is 0.769. The molecule has 18 heavy (non-hydrogen) atoms. The Hall–Kier alpha value is -0.160. The van der Waals surface area contributed by atoms with Crippen molar-refractivity contribution in [3.8, 4) is 0 Å². The molecule has 1 aliphatic carbocycles. The van der Waals surface area contributed by atoms with Crippen LogP contribution in [0.5, 0.6) is 0 Å². The molecule has 1 aromatic heterocycles. The predicted molar refractivity (Wildman–Crippen MR) is 76.5 cm³/mol. The molecule has 4 rings (SSSR count). The van der Waals surface area contributed by atoms with Gasteiger partial charge in [0.1, 0.15) is 0 Å². The minimum atomic E-state index is 0. The lowest BCUT2D eigenvalue weighted by Gasteiger charge is -2.16. The Bertz CT molecular complexity index is 406. The summed E-state index contributed by atoms with van der Waals surface area (Å²) in [7, 11) is 0. The average Bonchev–Trinajstić information content (AvgIpc) is 2.72. The first-order chi connectivity index (χ1) is 8.40. The van der Waals surface area contributed by atoms with Gasteiger partial charge in [-0.3, -0.25) is 4.90 Å². The van der Waals surface area contributed by atoms with Gasteiger partial charge in [0.15, 0.2) is 0 Å². The Morgan fingerprint density at radius 2 is 2.00 bits per heavy atom. The molecule has 0 amide bonds. The molecule has 0 aromatic carbocycles. The summed E-state index contributed by atoms with van der Waals surface area (Å²) in [4.78, 5) is 8.76. The van der Waals surface area contributed by atoms with Gasteiger partial charge in [0.25, 0.3) is 0 Å². The normalized spacial score (nSPS) is 31.3. The van der Waals surface area contributed by atoms with Crippen LogP contribution in [0.15, 0.2) is 5.51 Å². The number of nitrogens with zero attached hydrogens (tertiary/aromatic N) is 2. The highest BCUT2D eigenvalue weighted by molar-refractivity contribution is 7.09. The van der Waals surface area contributed by atoms with E-state index in [0.29, 0.717) is 0 Å². The summed E-state index contributed by atoms with van der Waals surface area (Å²) >= 11 is 1.86. The van der Waals surface area contributed by atoms with E-state index in [1.54, 1.807) is 4.88 Å². The van der Waals surface area contributed by atoms with Crippen molar-refractivity contribution in [2.75, 3.05) is 26.2 Å². The SMILES string of the molecule is Cl.c1nc(C2CC2)c(CN2C[C@H]3CNC[C@H]3C2)s1. The monoisotopic (exact) mass is 285 g/mol. The molecule has 2 atom stereocenters. The maximum Gasteiger partial charge on any atom is 0.0798 e. The first kappa shape index (κ1) is 12.9. The van der Waals surface area contributed by atoms with Crippen LogP contribution in [0.4, 0.5) is 0 Å². The third kappa shape index (κ3) is 2.31. The standard InChI is InChI=1S/C13H19N3S.ClH/c1-2-9(1)13-12(17-8-15-13)7-16-5-10-3-14-4-11(10)6-16;/h8-11,14H,1-7H2;1H/t10-,11+;. The molecule has 3 aliphatic rings. The average molecular weight is 286 g/mol. The van der Waals surface area contributed by atoms with Crippen molar-refractivity contribution in [1.29, 1.82) is 0 Å². The van der Waals surface area contributed by atoms with E-state index < -0.39 is 0 Å². The molecular formula is C13H20ClN3S. The van der Waals surface area contributed by atoms with E-state index in [4.69, 9.17) is 0 Å². The summed E-state index contributed by atoms with van der Waals surface area (Å²) in [5.41, 5.74) is 3.46. The molecule has 100 valence electrons. The second kappa shape index (κ2) is 5.08. The number of aromatic nitrogens is 1. The summed E-state index contributed by atoms with van der Waals surface area (Å²) in [6.45, 7) is 6.21. The van der Waals surface area contributed by atoms with Crippen LogP contribution in [0.3, 0.4) is 0 Å². The second-order valence-corrected chi connectivity index (χ2v) is 6.75. The third-order valence-electron chi connectivity index (χ3n) is 4.47. The van der Waals surface area contributed by atoms with E-state index in [2.05, 4.69) is 15.2 Å². The largest absolute Gasteiger partial charge is 0.316 e. The van der Waals surface area contributed by atoms with Gasteiger partial charge in [-0.2, -0.15) is 0 Å². The maximum atomic E-state index is 4.57. The number of likely N-dealkylation sites (tertiary alicyclic amines) is 1. The molecule has 0 radical (unpaired) electrons. The molecule has 5 heteroatoms. The van der Waals surface area contributed by atoms with E-state index in [-0.39, 0.29) is 12.4 Å². The van der Waals surface area contributed by atoms with Crippen molar-refractivity contribution in [2.45, 2.75) is 25.3 Å². The summed E-state index contributed by atoms with van der Waals surface area (Å²) in [6.07, 6.45) is 2.73. The molecule has 0 bridgehead atoms. The molecule has 1 N–H and O–H groups in total. The fourth-order valence-electron chi connectivity index (χ4n) is 3.37. The van der Waals surface area contributed by atoms with Crippen LogP contribution >= 0.6 is 23.7 Å². The van der Waals surface area contributed by atoms with Gasteiger partial charge in [-0.15, -0.1) is 23.7 Å². The smallest absolute Gasteiger partial charge is 0.0798 e. The molecule has 3 heterocycles. The number of halogens is 1. The molecule has 2 aliphatic heterocycles. The van der Waals surface area contributed by atoms with Crippen LogP contribution in [-0.4, -0.2) is 36.1 Å². The topological polar surface area (TPSA) is 28.2 Å². The van der Waals surface area contributed by atoms with Gasteiger partial charge in [-0.25, -0.2) is 4.98 Å². The summed E-state index contributed by atoms with van der Waals surface area (Å²) in [5, 5.41) is 3.51. The van der Waals surface area contributed by atoms with Gasteiger partial charge in [-0.05, 0) is 37.8 Å². The molecule has 0 unspecified atom stereocenters. The van der Waals surface area contributed by atoms with E-state index >= 15 is 0 Å². The lowest BCUT2D eigenvalue weighted by molar-refractivity contribution is 0.307. The van der Waals surface area contributed by atoms with Crippen LogP contribution in [0.1, 0.15) is 29.3 Å². The van der Waals surface area contributed by atoms with Crippen molar-refractivity contribution in [2.24, 2.45) is 11.8 Å². The molecule has 2 saturated heterocycles. The predicted octanol–water partition coefficient (Wildman–Crippen LogP) is 2.09. The van der Waals surface area contributed by atoms with E-state index in [9.17, 15) is 0 Å². The molecule has 0 spiro atoms. The van der Waals surface area contributed by atoms with Crippen LogP contribution in [-0.2, 0) is 6.54 Å². The van der Waals surface area contributed by atoms with Crippen LogP contribution in [0.25, 0.3) is 0 Å². The number of fused-ring (bicyclic) bond motifs is 1. The van der Waals surface area contributed by atoms with Gasteiger partial charge in [0, 0.05) is 30.4 Å². The number of thiazole rings is 1. The lowest BCUT2D eigenvalue weighted by Crippen LogP contribution is -2.25. The molecule has 3 nitrogen and oxygen atoms in total. The Morgan fingerprint density at radius 1 is 1.28 bits per heavy atom. The van der Waals surface area contributed by atoms with Crippen molar-refractivity contribution in [3.05, 3.63) is 16.1 Å². The molecule has 3 fully saturated rings. The van der Waals surface area contributed by atoms with Gasteiger partial charge in [0.05, 0.1) is 11.2 Å². The zero-order valence-corrected chi connectivity index (χ0v) is 12.1. The summed E-state index contributed by atoms with van der Waals surface area (Å²) in [6, 6.07) is 0. The Morgan fingerprint density at radius 3 is 2.67 bits per heavy atom. The quantitative estimate of drug-likeness (QED) is 0.922. The second-order valence-electron chi connectivity index (χ2n) is 5.81. The van der Waals surface area contributed by atoms with E-state index in [0.717, 1.165) is 24.3 Å². The number of nitrogens with one attached hydrogen (secondary N) is 1. The summed E-state index contributed by atoms with van der Waals surface area (Å²) in [5.74, 6) is 2.62. The van der Waals surface area contributed by atoms with Crippen molar-refractivity contribution < 1.29 is 0 Å². The Kier molecular flexibility index (Phi) is 3.63. The zero-order valence-electron chi connectivity index (χ0n) is 10.5.